The van der Waals surface area contributed by atoms with Gasteiger partial charge in [0.2, 0.25) is 17.8 Å². The fraction of sp³-hybridized carbons (Fsp3) is 0. The molecule has 0 saturated carbocycles. The first-order valence-corrected chi connectivity index (χ1v) is 2.21. The third kappa shape index (κ3) is 8.74. The van der Waals surface area contributed by atoms with E-state index >= 15 is 0 Å². The third-order valence-corrected chi connectivity index (χ3v) is 0.687. The molecule has 0 aliphatic heterocycles. The van der Waals surface area contributed by atoms with Crippen LogP contribution in [0.1, 0.15) is 0 Å². The molecule has 0 amide bonds. The van der Waals surface area contributed by atoms with Crippen molar-refractivity contribution >= 4 is 41.8 Å². The summed E-state index contributed by atoms with van der Waals surface area (Å²) in [6, 6.07) is 0. The molecule has 0 saturated heterocycles. The maximum absolute atomic E-state index is 5.14. The number of rotatable bonds is 0. The minimum absolute atomic E-state index is 0. The number of hydrogen-bond donors (Lipinski definition) is 3. The molecule has 7 nitrogen and oxygen atoms in total. The molecule has 8 N–H and O–H groups in total. The van der Waals surface area contributed by atoms with E-state index in [1.807, 2.05) is 0 Å². The first kappa shape index (κ1) is 23.3. The fourth-order valence-corrected chi connectivity index (χ4v) is 0.427. The Kier molecular flexibility index (Phi) is 18.8. The second-order valence-electron chi connectivity index (χ2n) is 1.41. The summed E-state index contributed by atoms with van der Waals surface area (Å²) < 4.78 is 0. The Labute approximate surface area is 117 Å². The molecule has 1 aromatic heterocycles. The second-order valence-corrected chi connectivity index (χ2v) is 1.41. The zero-order valence-electron chi connectivity index (χ0n) is 7.07. The minimum Gasteiger partial charge on any atom is 0 e. The third-order valence-electron chi connectivity index (χ3n) is 0.687. The molecule has 10 heteroatoms. The van der Waals surface area contributed by atoms with Gasteiger partial charge in [-0.15, -0.1) is 0 Å². The standard InChI is InChI=1S/C3H6N6.H2O.Sn.2Zn.H/c4-1-7-2(5)9-3(6)8-1;;;;;/h(H6,4,5,6,7,8,9);1H2;;;;. The van der Waals surface area contributed by atoms with Crippen molar-refractivity contribution in [2.45, 2.75) is 0 Å². The molecule has 0 bridgehead atoms. The molecule has 1 aromatic rings. The number of nitrogens with two attached hydrogens (primary N) is 3. The van der Waals surface area contributed by atoms with Gasteiger partial charge in [-0.2, -0.15) is 15.0 Å². The van der Waals surface area contributed by atoms with Gasteiger partial charge in [0.1, 0.15) is 0 Å². The van der Waals surface area contributed by atoms with Gasteiger partial charge >= 0.3 is 23.9 Å². The average molecular weight is 395 g/mol. The summed E-state index contributed by atoms with van der Waals surface area (Å²) in [5.41, 5.74) is 15.4. The fourth-order valence-electron chi connectivity index (χ4n) is 0.427. The molecule has 1 rings (SSSR count). The van der Waals surface area contributed by atoms with E-state index in [2.05, 4.69) is 15.0 Å². The maximum atomic E-state index is 5.14. The Hall–Kier alpha value is 0.415. The molecule has 0 spiro atoms. The van der Waals surface area contributed by atoms with Crippen molar-refractivity contribution in [3.05, 3.63) is 0 Å². The quantitative estimate of drug-likeness (QED) is 0.403. The van der Waals surface area contributed by atoms with Gasteiger partial charge in [0.05, 0.1) is 0 Å². The van der Waals surface area contributed by atoms with Gasteiger partial charge in [0.15, 0.2) is 0 Å². The van der Waals surface area contributed by atoms with Crippen molar-refractivity contribution in [1.82, 2.24) is 15.0 Å². The number of nitrogen functional groups attached to an aromatic ring is 3. The van der Waals surface area contributed by atoms with Crippen LogP contribution in [0, 0.1) is 0 Å². The summed E-state index contributed by atoms with van der Waals surface area (Å²) >= 11 is 0. The molecule has 0 fully saturated rings. The zero-order valence-corrected chi connectivity index (χ0v) is 16.3. The van der Waals surface area contributed by atoms with Crippen molar-refractivity contribution in [2.75, 3.05) is 17.2 Å². The van der Waals surface area contributed by atoms with Crippen LogP contribution in [0.5, 0.6) is 0 Å². The summed E-state index contributed by atoms with van der Waals surface area (Å²) in [5.74, 6) is 0.125. The van der Waals surface area contributed by atoms with Gasteiger partial charge in [-0.05, 0) is 0 Å². The van der Waals surface area contributed by atoms with Crippen LogP contribution in [0.4, 0.5) is 17.8 Å². The van der Waals surface area contributed by atoms with Gasteiger partial charge < -0.3 is 22.7 Å². The molecule has 0 aliphatic rings. The minimum atomic E-state index is 0. The van der Waals surface area contributed by atoms with E-state index in [9.17, 15) is 0 Å². The van der Waals surface area contributed by atoms with E-state index in [0.717, 1.165) is 0 Å². The first-order chi connectivity index (χ1) is 4.18. The van der Waals surface area contributed by atoms with Gasteiger partial charge in [-0.1, -0.05) is 0 Å². The molecule has 3 radical (unpaired) electrons. The van der Waals surface area contributed by atoms with Crippen LogP contribution in [0.25, 0.3) is 0 Å². The summed E-state index contributed by atoms with van der Waals surface area (Å²) in [6.07, 6.45) is 0. The van der Waals surface area contributed by atoms with Gasteiger partial charge in [-0.3, -0.25) is 0 Å². The largest absolute Gasteiger partial charge is 0 e. The van der Waals surface area contributed by atoms with Crippen LogP contribution in [0.2, 0.25) is 0 Å². The Morgan fingerprint density at radius 1 is 0.692 bits per heavy atom. The molecular weight excluding hydrogens is 386 g/mol. The predicted molar refractivity (Wildman–Crippen MR) is 43.8 cm³/mol. The van der Waals surface area contributed by atoms with Crippen LogP contribution in [-0.2, 0) is 39.0 Å². The summed E-state index contributed by atoms with van der Waals surface area (Å²) in [7, 11) is 0. The maximum Gasteiger partial charge on any atom is 0 e. The zero-order chi connectivity index (χ0) is 6.85. The van der Waals surface area contributed by atoms with Crippen molar-refractivity contribution in [3.63, 3.8) is 0 Å². The Morgan fingerprint density at radius 3 is 1.00 bits per heavy atom. The van der Waals surface area contributed by atoms with Crippen LogP contribution in [0.3, 0.4) is 0 Å². The van der Waals surface area contributed by atoms with E-state index in [0.29, 0.717) is 0 Å². The summed E-state index contributed by atoms with van der Waals surface area (Å²) in [4.78, 5) is 10.5. The SMILES string of the molecule is Nc1nc(N)nc(N)n1.O.[SnH].[Zn].[Zn]. The predicted octanol–water partition coefficient (Wildman–Crippen LogP) is -2.86. The average Bonchev–Trinajstić information content (AvgIpc) is 1.59. The smallest absolute Gasteiger partial charge is 0 e. The van der Waals surface area contributed by atoms with E-state index in [1.165, 1.54) is 0 Å². The van der Waals surface area contributed by atoms with E-state index in [-0.39, 0.29) is 86.2 Å². The number of anilines is 3. The summed E-state index contributed by atoms with van der Waals surface area (Å²) in [6.45, 7) is 0. The first-order valence-electron chi connectivity index (χ1n) is 2.21. The van der Waals surface area contributed by atoms with E-state index < -0.39 is 0 Å². The molecule has 0 aliphatic carbocycles. The van der Waals surface area contributed by atoms with Crippen LogP contribution in [-0.4, -0.2) is 44.3 Å². The molecule has 1 heterocycles. The van der Waals surface area contributed by atoms with Crippen molar-refractivity contribution in [1.29, 1.82) is 0 Å². The van der Waals surface area contributed by atoms with E-state index in [4.69, 9.17) is 17.2 Å². The molecule has 13 heavy (non-hydrogen) atoms. The van der Waals surface area contributed by atoms with Crippen molar-refractivity contribution in [2.24, 2.45) is 0 Å². The normalized spacial score (nSPS) is 6.46. The van der Waals surface area contributed by atoms with Gasteiger partial charge in [0.25, 0.3) is 0 Å². The van der Waals surface area contributed by atoms with Crippen LogP contribution >= 0.6 is 0 Å². The van der Waals surface area contributed by atoms with Crippen molar-refractivity contribution < 1.29 is 44.4 Å². The molecule has 0 atom stereocenters. The van der Waals surface area contributed by atoms with Crippen molar-refractivity contribution in [3.8, 4) is 0 Å². The monoisotopic (exact) mass is 393 g/mol. The molecule has 65 valence electrons. The number of aromatic nitrogens is 3. The second kappa shape index (κ2) is 10.5. The summed E-state index contributed by atoms with van der Waals surface area (Å²) in [5, 5.41) is 0. The molecular formula is C3H9N6OSnZn2. The number of hydrogen-bond acceptors (Lipinski definition) is 6. The Bertz CT molecular complexity index is 187. The Balaban J connectivity index is -0.000000101. The van der Waals surface area contributed by atoms with Gasteiger partial charge in [0, 0.05) is 39.0 Å². The molecule has 0 unspecified atom stereocenters. The Morgan fingerprint density at radius 2 is 0.846 bits per heavy atom. The van der Waals surface area contributed by atoms with Crippen LogP contribution in [0.15, 0.2) is 0 Å². The van der Waals surface area contributed by atoms with E-state index in [1.54, 1.807) is 0 Å². The topological polar surface area (TPSA) is 148 Å². The van der Waals surface area contributed by atoms with Gasteiger partial charge in [-0.25, -0.2) is 0 Å². The number of nitrogens with zero attached hydrogens (tertiary/aromatic N) is 3. The van der Waals surface area contributed by atoms with Crippen LogP contribution < -0.4 is 17.2 Å². The molecule has 0 aromatic carbocycles.